The van der Waals surface area contributed by atoms with Crippen LogP contribution in [0.1, 0.15) is 32.2 Å². The van der Waals surface area contributed by atoms with Crippen LogP contribution in [0.3, 0.4) is 0 Å². The number of ether oxygens (including phenoxy) is 1. The van der Waals surface area contributed by atoms with Crippen molar-refractivity contribution in [1.82, 2.24) is 34.0 Å². The van der Waals surface area contributed by atoms with E-state index in [-0.39, 0.29) is 23.5 Å². The van der Waals surface area contributed by atoms with Crippen molar-refractivity contribution in [3.63, 3.8) is 0 Å². The van der Waals surface area contributed by atoms with E-state index in [1.54, 1.807) is 32.3 Å². The van der Waals surface area contributed by atoms with Crippen molar-refractivity contribution in [2.24, 2.45) is 0 Å². The number of rotatable bonds is 6. The Balaban J connectivity index is 1.60. The van der Waals surface area contributed by atoms with Crippen LogP contribution in [0, 0.1) is 5.82 Å². The zero-order valence-corrected chi connectivity index (χ0v) is 18.2. The molecular formula is C22H24FN7O3. The summed E-state index contributed by atoms with van der Waals surface area (Å²) in [5.74, 6) is -0.175. The molecule has 4 aromatic rings. The summed E-state index contributed by atoms with van der Waals surface area (Å²) < 4.78 is 24.3. The molecule has 1 aliphatic heterocycles. The standard InChI is InChI=1S/C22H24FN7O3/c1-14(31)24-7-2-8-28-19-12-25-21(29-13-26-17-4-3-15(23)11-18(17)29)27-20(19)30(22(28)32)16-5-9-33-10-6-16/h3-4,11-13,16H,2,5-10H2,1H3,(H,24,31). The summed E-state index contributed by atoms with van der Waals surface area (Å²) >= 11 is 0. The van der Waals surface area contributed by atoms with Crippen LogP contribution in [-0.4, -0.2) is 54.3 Å². The van der Waals surface area contributed by atoms with Crippen molar-refractivity contribution in [2.75, 3.05) is 19.8 Å². The smallest absolute Gasteiger partial charge is 0.330 e. The summed E-state index contributed by atoms with van der Waals surface area (Å²) in [6, 6.07) is 4.30. The van der Waals surface area contributed by atoms with Crippen molar-refractivity contribution in [3.05, 3.63) is 47.0 Å². The molecule has 1 N–H and O–H groups in total. The second-order valence-electron chi connectivity index (χ2n) is 8.11. The average molecular weight is 453 g/mol. The van der Waals surface area contributed by atoms with E-state index in [4.69, 9.17) is 9.72 Å². The van der Waals surface area contributed by atoms with Gasteiger partial charge in [0.1, 0.15) is 17.7 Å². The number of benzene rings is 1. The monoisotopic (exact) mass is 453 g/mol. The van der Waals surface area contributed by atoms with E-state index in [1.807, 2.05) is 0 Å². The maximum Gasteiger partial charge on any atom is 0.330 e. The molecule has 0 aliphatic carbocycles. The number of aryl methyl sites for hydroxylation is 1. The maximum absolute atomic E-state index is 13.9. The lowest BCUT2D eigenvalue weighted by Crippen LogP contribution is -2.31. The van der Waals surface area contributed by atoms with Crippen LogP contribution in [0.15, 0.2) is 35.5 Å². The predicted octanol–water partition coefficient (Wildman–Crippen LogP) is 1.95. The van der Waals surface area contributed by atoms with Crippen LogP contribution in [0.25, 0.3) is 28.1 Å². The number of imidazole rings is 2. The fourth-order valence-corrected chi connectivity index (χ4v) is 4.30. The van der Waals surface area contributed by atoms with E-state index in [0.29, 0.717) is 73.7 Å². The molecule has 0 unspecified atom stereocenters. The number of aromatic nitrogens is 6. The molecule has 172 valence electrons. The zero-order valence-electron chi connectivity index (χ0n) is 18.2. The molecule has 1 saturated heterocycles. The van der Waals surface area contributed by atoms with E-state index in [2.05, 4.69) is 15.3 Å². The molecule has 0 saturated carbocycles. The molecule has 0 bridgehead atoms. The third kappa shape index (κ3) is 3.99. The van der Waals surface area contributed by atoms with Crippen LogP contribution < -0.4 is 11.0 Å². The lowest BCUT2D eigenvalue weighted by atomic mass is 10.1. The number of nitrogens with zero attached hydrogens (tertiary/aromatic N) is 6. The van der Waals surface area contributed by atoms with Crippen molar-refractivity contribution in [1.29, 1.82) is 0 Å². The van der Waals surface area contributed by atoms with Crippen LogP contribution >= 0.6 is 0 Å². The highest BCUT2D eigenvalue weighted by molar-refractivity contribution is 5.77. The summed E-state index contributed by atoms with van der Waals surface area (Å²) in [6.45, 7) is 3.51. The van der Waals surface area contributed by atoms with Gasteiger partial charge in [0.25, 0.3) is 0 Å². The summed E-state index contributed by atoms with van der Waals surface area (Å²) in [7, 11) is 0. The Hall–Kier alpha value is -3.60. The molecular weight excluding hydrogens is 429 g/mol. The first-order chi connectivity index (χ1) is 16.0. The quantitative estimate of drug-likeness (QED) is 0.447. The summed E-state index contributed by atoms with van der Waals surface area (Å²) in [6.07, 6.45) is 5.19. The zero-order chi connectivity index (χ0) is 22.9. The third-order valence-electron chi connectivity index (χ3n) is 5.91. The normalized spacial score (nSPS) is 14.8. The molecule has 0 atom stereocenters. The second kappa shape index (κ2) is 8.74. The fourth-order valence-electron chi connectivity index (χ4n) is 4.30. The van der Waals surface area contributed by atoms with Crippen LogP contribution in [-0.2, 0) is 16.1 Å². The van der Waals surface area contributed by atoms with Gasteiger partial charge in [-0.15, -0.1) is 0 Å². The second-order valence-corrected chi connectivity index (χ2v) is 8.11. The molecule has 33 heavy (non-hydrogen) atoms. The number of carbonyl (C=O) groups excluding carboxylic acids is 1. The highest BCUT2D eigenvalue weighted by Crippen LogP contribution is 2.25. The lowest BCUT2D eigenvalue weighted by Gasteiger charge is -2.22. The molecule has 1 amide bonds. The Morgan fingerprint density at radius 3 is 2.85 bits per heavy atom. The van der Waals surface area contributed by atoms with Crippen molar-refractivity contribution in [3.8, 4) is 5.95 Å². The van der Waals surface area contributed by atoms with E-state index >= 15 is 0 Å². The first-order valence-electron chi connectivity index (χ1n) is 11.0. The molecule has 1 aromatic carbocycles. The number of amides is 1. The van der Waals surface area contributed by atoms with Gasteiger partial charge in [-0.1, -0.05) is 0 Å². The minimum Gasteiger partial charge on any atom is -0.381 e. The summed E-state index contributed by atoms with van der Waals surface area (Å²) in [5.41, 5.74) is 2.15. The Kier molecular flexibility index (Phi) is 5.63. The Labute approximate surface area is 188 Å². The average Bonchev–Trinajstić information content (AvgIpc) is 3.34. The van der Waals surface area contributed by atoms with Crippen molar-refractivity contribution >= 4 is 28.1 Å². The van der Waals surface area contributed by atoms with Gasteiger partial charge in [-0.25, -0.2) is 19.2 Å². The Morgan fingerprint density at radius 2 is 2.06 bits per heavy atom. The van der Waals surface area contributed by atoms with Crippen LogP contribution in [0.4, 0.5) is 4.39 Å². The maximum atomic E-state index is 13.9. The van der Waals surface area contributed by atoms with Gasteiger partial charge in [0.05, 0.1) is 17.2 Å². The van der Waals surface area contributed by atoms with E-state index < -0.39 is 0 Å². The highest BCUT2D eigenvalue weighted by atomic mass is 19.1. The number of carbonyl (C=O) groups is 1. The van der Waals surface area contributed by atoms with E-state index in [1.165, 1.54) is 19.1 Å². The Morgan fingerprint density at radius 1 is 1.24 bits per heavy atom. The van der Waals surface area contributed by atoms with Crippen LogP contribution in [0.5, 0.6) is 0 Å². The van der Waals surface area contributed by atoms with Crippen molar-refractivity contribution < 1.29 is 13.9 Å². The molecule has 0 spiro atoms. The number of hydrogen-bond donors (Lipinski definition) is 1. The summed E-state index contributed by atoms with van der Waals surface area (Å²) in [5, 5.41) is 2.75. The number of hydrogen-bond acceptors (Lipinski definition) is 6. The lowest BCUT2D eigenvalue weighted by molar-refractivity contribution is -0.118. The van der Waals surface area contributed by atoms with Gasteiger partial charge in [0.2, 0.25) is 11.9 Å². The molecule has 3 aromatic heterocycles. The minimum absolute atomic E-state index is 0.0370. The molecule has 5 rings (SSSR count). The summed E-state index contributed by atoms with van der Waals surface area (Å²) in [4.78, 5) is 38.1. The topological polar surface area (TPSA) is 109 Å². The minimum atomic E-state index is -0.380. The SMILES string of the molecule is CC(=O)NCCCn1c(=O)n(C2CCOCC2)c2nc(-n3cnc4ccc(F)cc43)ncc21. The Bertz CT molecular complexity index is 1380. The highest BCUT2D eigenvalue weighted by Gasteiger charge is 2.24. The number of fused-ring (bicyclic) bond motifs is 2. The van der Waals surface area contributed by atoms with Crippen LogP contribution in [0.2, 0.25) is 0 Å². The molecule has 0 radical (unpaired) electrons. The van der Waals surface area contributed by atoms with Gasteiger partial charge in [-0.3, -0.25) is 18.5 Å². The van der Waals surface area contributed by atoms with Gasteiger partial charge >= 0.3 is 5.69 Å². The molecule has 11 heteroatoms. The van der Waals surface area contributed by atoms with Gasteiger partial charge in [0, 0.05) is 45.3 Å². The molecule has 1 aliphatic rings. The van der Waals surface area contributed by atoms with E-state index in [9.17, 15) is 14.0 Å². The third-order valence-corrected chi connectivity index (χ3v) is 5.91. The van der Waals surface area contributed by atoms with E-state index in [0.717, 1.165) is 0 Å². The first kappa shape index (κ1) is 21.3. The molecule has 4 heterocycles. The van der Waals surface area contributed by atoms with Gasteiger partial charge < -0.3 is 10.1 Å². The number of halogens is 1. The van der Waals surface area contributed by atoms with Crippen molar-refractivity contribution in [2.45, 2.75) is 38.8 Å². The number of nitrogens with one attached hydrogen (secondary N) is 1. The van der Waals surface area contributed by atoms with Gasteiger partial charge in [-0.2, -0.15) is 4.98 Å². The molecule has 10 nitrogen and oxygen atoms in total. The van der Waals surface area contributed by atoms with Gasteiger partial charge in [0.15, 0.2) is 5.65 Å². The molecule has 1 fully saturated rings. The fraction of sp³-hybridized carbons (Fsp3) is 0.409. The first-order valence-corrected chi connectivity index (χ1v) is 11.0. The van der Waals surface area contributed by atoms with Gasteiger partial charge in [-0.05, 0) is 31.4 Å². The predicted molar refractivity (Wildman–Crippen MR) is 119 cm³/mol. The largest absolute Gasteiger partial charge is 0.381 e.